The van der Waals surface area contributed by atoms with Crippen LogP contribution in [0.3, 0.4) is 0 Å². The summed E-state index contributed by atoms with van der Waals surface area (Å²) in [4.78, 5) is 23.5. The van der Waals surface area contributed by atoms with Gasteiger partial charge in [0, 0.05) is 17.6 Å². The molecule has 1 aliphatic heterocycles. The van der Waals surface area contributed by atoms with Gasteiger partial charge in [0.2, 0.25) is 5.78 Å². The number of carbonyl (C=O) groups excluding carboxylic acids is 2. The van der Waals surface area contributed by atoms with Crippen molar-refractivity contribution < 1.29 is 19.4 Å². The van der Waals surface area contributed by atoms with Crippen molar-refractivity contribution >= 4 is 23.5 Å². The summed E-state index contributed by atoms with van der Waals surface area (Å²) in [6.07, 6.45) is 3.45. The van der Waals surface area contributed by atoms with Crippen molar-refractivity contribution in [2.75, 3.05) is 6.26 Å². The maximum absolute atomic E-state index is 12.0. The molecule has 0 aromatic carbocycles. The number of cyclic esters (lactones) is 1. The number of aliphatic hydroxyl groups is 1. The molecule has 2 rings (SSSR count). The SMILES string of the molecule is CSC(C)CC1OC(=O)C(=C(O)C2CC2)C1=O. The number of carbonyl (C=O) groups is 2. The van der Waals surface area contributed by atoms with Crippen molar-refractivity contribution in [3.8, 4) is 0 Å². The van der Waals surface area contributed by atoms with Crippen LogP contribution in [0.2, 0.25) is 0 Å². The average Bonchev–Trinajstić information content (AvgIpc) is 3.07. The van der Waals surface area contributed by atoms with Crippen LogP contribution in [0.25, 0.3) is 0 Å². The van der Waals surface area contributed by atoms with Gasteiger partial charge in [0.1, 0.15) is 11.3 Å². The second-order valence-electron chi connectivity index (χ2n) is 4.57. The molecule has 17 heavy (non-hydrogen) atoms. The average molecular weight is 256 g/mol. The van der Waals surface area contributed by atoms with Crippen LogP contribution in [0.1, 0.15) is 26.2 Å². The molecule has 2 unspecified atom stereocenters. The van der Waals surface area contributed by atoms with E-state index in [2.05, 4.69) is 0 Å². The van der Waals surface area contributed by atoms with E-state index in [0.29, 0.717) is 6.42 Å². The lowest BCUT2D eigenvalue weighted by Crippen LogP contribution is -2.20. The maximum Gasteiger partial charge on any atom is 0.346 e. The molecule has 0 spiro atoms. The minimum absolute atomic E-state index is 0.00164. The van der Waals surface area contributed by atoms with Crippen LogP contribution < -0.4 is 0 Å². The minimum atomic E-state index is -0.708. The Labute approximate surface area is 104 Å². The summed E-state index contributed by atoms with van der Waals surface area (Å²) in [5, 5.41) is 10.0. The third kappa shape index (κ3) is 2.49. The number of rotatable bonds is 4. The molecule has 2 fully saturated rings. The van der Waals surface area contributed by atoms with Gasteiger partial charge >= 0.3 is 5.97 Å². The summed E-state index contributed by atoms with van der Waals surface area (Å²) < 4.78 is 5.04. The zero-order chi connectivity index (χ0) is 12.6. The number of allylic oxidation sites excluding steroid dienone is 1. The van der Waals surface area contributed by atoms with Gasteiger partial charge in [-0.05, 0) is 19.1 Å². The Morgan fingerprint density at radius 3 is 2.71 bits per heavy atom. The molecule has 0 amide bonds. The van der Waals surface area contributed by atoms with Gasteiger partial charge in [-0.1, -0.05) is 6.92 Å². The molecular weight excluding hydrogens is 240 g/mol. The molecule has 5 heteroatoms. The number of esters is 1. The molecule has 1 saturated heterocycles. The smallest absolute Gasteiger partial charge is 0.346 e. The molecule has 2 atom stereocenters. The Morgan fingerprint density at radius 1 is 1.53 bits per heavy atom. The fourth-order valence-corrected chi connectivity index (χ4v) is 2.22. The first-order valence-corrected chi connectivity index (χ1v) is 7.04. The van der Waals surface area contributed by atoms with Crippen molar-refractivity contribution in [1.82, 2.24) is 0 Å². The molecule has 0 radical (unpaired) electrons. The predicted octanol–water partition coefficient (Wildman–Crippen LogP) is 1.84. The normalized spacial score (nSPS) is 29.2. The standard InChI is InChI=1S/C12H16O4S/c1-6(17-2)5-8-11(14)9(12(15)16-8)10(13)7-3-4-7/h6-8,13H,3-5H2,1-2H3. The highest BCUT2D eigenvalue weighted by Crippen LogP contribution is 2.38. The van der Waals surface area contributed by atoms with Gasteiger partial charge in [-0.25, -0.2) is 4.79 Å². The monoisotopic (exact) mass is 256 g/mol. The van der Waals surface area contributed by atoms with Gasteiger partial charge in [0.15, 0.2) is 6.10 Å². The number of aliphatic hydroxyl groups excluding tert-OH is 1. The van der Waals surface area contributed by atoms with E-state index in [1.54, 1.807) is 11.8 Å². The lowest BCUT2D eigenvalue weighted by molar-refractivity contribution is -0.141. The van der Waals surface area contributed by atoms with Gasteiger partial charge in [-0.15, -0.1) is 0 Å². The summed E-state index contributed by atoms with van der Waals surface area (Å²) in [5.74, 6) is -1.06. The highest BCUT2D eigenvalue weighted by molar-refractivity contribution is 7.99. The molecule has 2 aliphatic rings. The van der Waals surface area contributed by atoms with E-state index in [9.17, 15) is 14.7 Å². The Morgan fingerprint density at radius 2 is 2.18 bits per heavy atom. The lowest BCUT2D eigenvalue weighted by atomic mass is 10.0. The minimum Gasteiger partial charge on any atom is -0.511 e. The fourth-order valence-electron chi connectivity index (χ4n) is 1.85. The van der Waals surface area contributed by atoms with Crippen LogP contribution in [0.15, 0.2) is 11.3 Å². The predicted molar refractivity (Wildman–Crippen MR) is 64.9 cm³/mol. The molecular formula is C12H16O4S. The summed E-state index contributed by atoms with van der Waals surface area (Å²) >= 11 is 1.62. The summed E-state index contributed by atoms with van der Waals surface area (Å²) in [6.45, 7) is 1.98. The summed E-state index contributed by atoms with van der Waals surface area (Å²) in [5.41, 5.74) is -0.106. The first kappa shape index (κ1) is 12.5. The number of Topliss-reactive ketones (excluding diaryl/α,β-unsaturated/α-hetero) is 1. The number of hydrogen-bond acceptors (Lipinski definition) is 5. The van der Waals surface area contributed by atoms with E-state index in [-0.39, 0.29) is 28.3 Å². The number of hydrogen-bond donors (Lipinski definition) is 1. The van der Waals surface area contributed by atoms with Crippen molar-refractivity contribution in [1.29, 1.82) is 0 Å². The second-order valence-corrected chi connectivity index (χ2v) is 5.85. The first-order chi connectivity index (χ1) is 8.04. The molecule has 1 saturated carbocycles. The van der Waals surface area contributed by atoms with Crippen molar-refractivity contribution in [2.24, 2.45) is 5.92 Å². The Hall–Kier alpha value is -0.970. The summed E-state index contributed by atoms with van der Waals surface area (Å²) in [6, 6.07) is 0. The number of thioether (sulfide) groups is 1. The zero-order valence-corrected chi connectivity index (χ0v) is 10.8. The molecule has 1 N–H and O–H groups in total. The van der Waals surface area contributed by atoms with Crippen LogP contribution in [-0.2, 0) is 14.3 Å². The molecule has 94 valence electrons. The highest BCUT2D eigenvalue weighted by Gasteiger charge is 2.44. The largest absolute Gasteiger partial charge is 0.511 e. The Kier molecular flexibility index (Phi) is 3.47. The maximum atomic E-state index is 12.0. The van der Waals surface area contributed by atoms with Crippen LogP contribution in [-0.4, -0.2) is 34.5 Å². The number of ketones is 1. The molecule has 0 bridgehead atoms. The Balaban J connectivity index is 2.13. The van der Waals surface area contributed by atoms with E-state index in [1.165, 1.54) is 0 Å². The molecule has 0 aromatic rings. The zero-order valence-electron chi connectivity index (χ0n) is 9.93. The fraction of sp³-hybridized carbons (Fsp3) is 0.667. The van der Waals surface area contributed by atoms with Crippen LogP contribution in [0.4, 0.5) is 0 Å². The molecule has 0 aromatic heterocycles. The first-order valence-electron chi connectivity index (χ1n) is 5.75. The highest BCUT2D eigenvalue weighted by atomic mass is 32.2. The number of ether oxygens (including phenoxy) is 1. The lowest BCUT2D eigenvalue weighted by Gasteiger charge is -2.11. The van der Waals surface area contributed by atoms with Crippen molar-refractivity contribution in [3.63, 3.8) is 0 Å². The van der Waals surface area contributed by atoms with Gasteiger partial charge in [-0.2, -0.15) is 11.8 Å². The Bertz CT molecular complexity index is 384. The molecule has 1 aliphatic carbocycles. The third-order valence-corrected chi connectivity index (χ3v) is 4.16. The van der Waals surface area contributed by atoms with E-state index in [1.807, 2.05) is 13.2 Å². The summed E-state index contributed by atoms with van der Waals surface area (Å²) in [7, 11) is 0. The quantitative estimate of drug-likeness (QED) is 0.360. The molecule has 1 heterocycles. The van der Waals surface area contributed by atoms with Gasteiger partial charge in [0.05, 0.1) is 0 Å². The van der Waals surface area contributed by atoms with Crippen molar-refractivity contribution in [2.45, 2.75) is 37.5 Å². The third-order valence-electron chi connectivity index (χ3n) is 3.16. The van der Waals surface area contributed by atoms with Crippen molar-refractivity contribution in [3.05, 3.63) is 11.3 Å². The van der Waals surface area contributed by atoms with Gasteiger partial charge < -0.3 is 9.84 Å². The van der Waals surface area contributed by atoms with Gasteiger partial charge in [-0.3, -0.25) is 4.79 Å². The van der Waals surface area contributed by atoms with E-state index < -0.39 is 12.1 Å². The van der Waals surface area contributed by atoms with Crippen LogP contribution in [0, 0.1) is 5.92 Å². The van der Waals surface area contributed by atoms with Crippen LogP contribution in [0.5, 0.6) is 0 Å². The molecule has 4 nitrogen and oxygen atoms in total. The van der Waals surface area contributed by atoms with E-state index in [0.717, 1.165) is 12.8 Å². The van der Waals surface area contributed by atoms with Crippen LogP contribution >= 0.6 is 11.8 Å². The van der Waals surface area contributed by atoms with E-state index >= 15 is 0 Å². The second kappa shape index (κ2) is 4.72. The van der Waals surface area contributed by atoms with Gasteiger partial charge in [0.25, 0.3) is 0 Å². The topological polar surface area (TPSA) is 63.6 Å². The van der Waals surface area contributed by atoms with E-state index in [4.69, 9.17) is 4.74 Å².